The van der Waals surface area contributed by atoms with Crippen molar-refractivity contribution in [2.45, 2.75) is 55.1 Å². The molecule has 14 heteroatoms. The Labute approximate surface area is 231 Å². The lowest BCUT2D eigenvalue weighted by Crippen LogP contribution is -2.60. The van der Waals surface area contributed by atoms with Crippen molar-refractivity contribution in [2.75, 3.05) is 20.3 Å². The van der Waals surface area contributed by atoms with E-state index in [0.717, 1.165) is 6.07 Å². The first-order valence-electron chi connectivity index (χ1n) is 12.7. The summed E-state index contributed by atoms with van der Waals surface area (Å²) in [6, 6.07) is 8.31. The molecule has 2 aliphatic rings. The average molecular weight is 579 g/mol. The van der Waals surface area contributed by atoms with Gasteiger partial charge in [0, 0.05) is 17.7 Å². The van der Waals surface area contributed by atoms with Gasteiger partial charge >= 0.3 is 0 Å². The maximum absolute atomic E-state index is 13.2. The van der Waals surface area contributed by atoms with Gasteiger partial charge in [0.15, 0.2) is 11.7 Å². The number of benzene rings is 2. The highest BCUT2D eigenvalue weighted by Crippen LogP contribution is 2.46. The average Bonchev–Trinajstić information content (AvgIpc) is 2.95. The molecule has 5 rings (SSSR count). The molecule has 2 saturated heterocycles. The normalized spacial score (nSPS) is 32.2. The van der Waals surface area contributed by atoms with Gasteiger partial charge in [-0.2, -0.15) is 0 Å². The maximum Gasteiger partial charge on any atom is 0.197 e. The Balaban J connectivity index is 1.61. The van der Waals surface area contributed by atoms with E-state index < -0.39 is 79.5 Å². The molecule has 2 aliphatic heterocycles. The molecule has 8 N–H and O–H groups in total. The minimum absolute atomic E-state index is 0.00965. The van der Waals surface area contributed by atoms with Crippen molar-refractivity contribution in [1.29, 1.82) is 0 Å². The number of aromatic hydroxyl groups is 2. The van der Waals surface area contributed by atoms with Crippen LogP contribution in [-0.2, 0) is 14.2 Å². The molecule has 0 bridgehead atoms. The molecule has 0 amide bonds. The van der Waals surface area contributed by atoms with Crippen LogP contribution in [0.5, 0.6) is 17.2 Å². The molecule has 1 aromatic heterocycles. The van der Waals surface area contributed by atoms with Gasteiger partial charge in [0.2, 0.25) is 0 Å². The third-order valence-corrected chi connectivity index (χ3v) is 7.26. The molecule has 9 atom stereocenters. The number of phenolic OH excluding ortho intramolecular Hbond substituents is 2. The van der Waals surface area contributed by atoms with Gasteiger partial charge in [-0.25, -0.2) is 0 Å². The van der Waals surface area contributed by atoms with E-state index in [4.69, 9.17) is 23.4 Å². The van der Waals surface area contributed by atoms with Gasteiger partial charge in [-0.1, -0.05) is 0 Å². The lowest BCUT2D eigenvalue weighted by Gasteiger charge is -2.45. The van der Waals surface area contributed by atoms with Crippen molar-refractivity contribution in [3.8, 4) is 28.6 Å². The lowest BCUT2D eigenvalue weighted by atomic mass is 9.89. The third-order valence-electron chi connectivity index (χ3n) is 7.26. The van der Waals surface area contributed by atoms with Crippen LogP contribution in [0, 0.1) is 0 Å². The number of aliphatic hydroxyl groups excluding tert-OH is 6. The van der Waals surface area contributed by atoms with Crippen LogP contribution in [0.25, 0.3) is 22.3 Å². The van der Waals surface area contributed by atoms with E-state index in [2.05, 4.69) is 0 Å². The molecule has 2 aromatic carbocycles. The van der Waals surface area contributed by atoms with Crippen LogP contribution >= 0.6 is 0 Å². The van der Waals surface area contributed by atoms with Crippen molar-refractivity contribution >= 4 is 11.0 Å². The summed E-state index contributed by atoms with van der Waals surface area (Å²) in [6.45, 7) is -1.17. The van der Waals surface area contributed by atoms with Crippen LogP contribution < -0.4 is 10.2 Å². The van der Waals surface area contributed by atoms with E-state index in [-0.39, 0.29) is 33.8 Å². The van der Waals surface area contributed by atoms with Gasteiger partial charge in [-0.05, 0) is 24.3 Å². The first kappa shape index (κ1) is 29.2. The van der Waals surface area contributed by atoms with Crippen molar-refractivity contribution in [1.82, 2.24) is 0 Å². The molecule has 41 heavy (non-hydrogen) atoms. The van der Waals surface area contributed by atoms with Crippen LogP contribution in [0.1, 0.15) is 11.7 Å². The Morgan fingerprint density at radius 1 is 0.951 bits per heavy atom. The number of ether oxygens (including phenoxy) is 4. The van der Waals surface area contributed by atoms with Crippen molar-refractivity contribution in [2.24, 2.45) is 0 Å². The highest BCUT2D eigenvalue weighted by atomic mass is 16.7. The summed E-state index contributed by atoms with van der Waals surface area (Å²) in [5.41, 5.74) is -0.472. The summed E-state index contributed by atoms with van der Waals surface area (Å²) >= 11 is 0. The zero-order valence-electron chi connectivity index (χ0n) is 21.6. The van der Waals surface area contributed by atoms with E-state index in [1.807, 2.05) is 0 Å². The molecule has 0 unspecified atom stereocenters. The molecule has 0 saturated carbocycles. The van der Waals surface area contributed by atoms with E-state index in [1.54, 1.807) is 0 Å². The largest absolute Gasteiger partial charge is 0.508 e. The van der Waals surface area contributed by atoms with Crippen LogP contribution in [0.2, 0.25) is 0 Å². The highest BCUT2D eigenvalue weighted by Gasteiger charge is 2.50. The third kappa shape index (κ3) is 5.25. The minimum atomic E-state index is -1.79. The Morgan fingerprint density at radius 2 is 1.66 bits per heavy atom. The number of methoxy groups -OCH3 is 1. The Morgan fingerprint density at radius 3 is 2.32 bits per heavy atom. The molecule has 3 aromatic rings. The zero-order chi connectivity index (χ0) is 29.6. The Hall–Kier alpha value is -3.31. The Bertz CT molecular complexity index is 1440. The second kappa shape index (κ2) is 11.5. The van der Waals surface area contributed by atoms with E-state index >= 15 is 0 Å². The molecule has 2 fully saturated rings. The standard InChI is InChI=1S/C27H30O14/c1-37-15-7-16-18(12(30)6-14(39-16)10-2-4-11(29)5-3-10)22(34)19(15)25-26(23(35)21(33)17(8-28)40-25)41-27-24(36)20(32)13(31)9-38-27/h2-7,13,17,20-21,23-29,31-36H,8-9H2,1H3/t13-,17-,20+,21+,23-,24+,25-,26-,27+/m0/s1. The number of hydrogen-bond donors (Lipinski definition) is 8. The Kier molecular flexibility index (Phi) is 8.20. The fourth-order valence-corrected chi connectivity index (χ4v) is 5.04. The quantitative estimate of drug-likeness (QED) is 0.173. The summed E-state index contributed by atoms with van der Waals surface area (Å²) in [5.74, 6) is -0.601. The molecule has 0 spiro atoms. The summed E-state index contributed by atoms with van der Waals surface area (Å²) < 4.78 is 28.2. The number of fused-ring (bicyclic) bond motifs is 1. The predicted molar refractivity (Wildman–Crippen MR) is 137 cm³/mol. The summed E-state index contributed by atoms with van der Waals surface area (Å²) in [4.78, 5) is 13.2. The molecule has 0 radical (unpaired) electrons. The summed E-state index contributed by atoms with van der Waals surface area (Å²) in [7, 11) is 1.26. The van der Waals surface area contributed by atoms with Gasteiger partial charge in [-0.3, -0.25) is 4.79 Å². The topological polar surface area (TPSA) is 229 Å². The van der Waals surface area contributed by atoms with Gasteiger partial charge in [0.05, 0.1) is 25.9 Å². The van der Waals surface area contributed by atoms with Gasteiger partial charge in [0.1, 0.15) is 82.8 Å². The van der Waals surface area contributed by atoms with Crippen LogP contribution in [-0.4, -0.2) is 110 Å². The van der Waals surface area contributed by atoms with Crippen LogP contribution in [0.15, 0.2) is 45.6 Å². The highest BCUT2D eigenvalue weighted by molar-refractivity contribution is 5.88. The smallest absolute Gasteiger partial charge is 0.197 e. The monoisotopic (exact) mass is 578 g/mol. The fourth-order valence-electron chi connectivity index (χ4n) is 5.04. The van der Waals surface area contributed by atoms with Gasteiger partial charge < -0.3 is 64.2 Å². The molecule has 0 aliphatic carbocycles. The number of aliphatic hydroxyl groups is 6. The van der Waals surface area contributed by atoms with Crippen LogP contribution in [0.4, 0.5) is 0 Å². The van der Waals surface area contributed by atoms with E-state index in [0.29, 0.717) is 5.56 Å². The first-order valence-corrected chi connectivity index (χ1v) is 12.7. The summed E-state index contributed by atoms with van der Waals surface area (Å²) in [6.07, 6.45) is -14.4. The SMILES string of the molecule is COc1cc2oc(-c3ccc(O)cc3)cc(=O)c2c(O)c1[C@@H]1O[C@@H](CO)[C@@H](O)[C@H](O)[C@@H]1O[C@H]1OC[C@H](O)[C@@H](O)[C@H]1O. The minimum Gasteiger partial charge on any atom is -0.508 e. The second-order valence-corrected chi connectivity index (χ2v) is 9.85. The lowest BCUT2D eigenvalue weighted by molar-refractivity contribution is -0.325. The maximum atomic E-state index is 13.2. The van der Waals surface area contributed by atoms with Crippen molar-refractivity contribution < 1.29 is 64.2 Å². The second-order valence-electron chi connectivity index (χ2n) is 9.85. The van der Waals surface area contributed by atoms with E-state index in [1.165, 1.54) is 37.4 Å². The molecule has 3 heterocycles. The van der Waals surface area contributed by atoms with Gasteiger partial charge in [0.25, 0.3) is 0 Å². The molecule has 222 valence electrons. The van der Waals surface area contributed by atoms with Crippen LogP contribution in [0.3, 0.4) is 0 Å². The predicted octanol–water partition coefficient (Wildman–Crippen LogP) is -1.14. The molecule has 14 nitrogen and oxygen atoms in total. The van der Waals surface area contributed by atoms with Gasteiger partial charge in [-0.15, -0.1) is 0 Å². The number of phenols is 2. The van der Waals surface area contributed by atoms with Crippen molar-refractivity contribution in [3.05, 3.63) is 52.2 Å². The summed E-state index contributed by atoms with van der Waals surface area (Å²) in [5, 5.41) is 82.2. The zero-order valence-corrected chi connectivity index (χ0v) is 21.6. The van der Waals surface area contributed by atoms with E-state index in [9.17, 15) is 45.6 Å². The molecular weight excluding hydrogens is 548 g/mol. The van der Waals surface area contributed by atoms with Crippen molar-refractivity contribution in [3.63, 3.8) is 0 Å². The number of rotatable bonds is 6. The molecular formula is C27H30O14. The first-order chi connectivity index (χ1) is 19.5. The fraction of sp³-hybridized carbons (Fsp3) is 0.444. The number of hydrogen-bond acceptors (Lipinski definition) is 14.